The molecule has 2 rings (SSSR count). The van der Waals surface area contributed by atoms with Crippen LogP contribution in [0.3, 0.4) is 0 Å². The lowest BCUT2D eigenvalue weighted by Gasteiger charge is -2.35. The van der Waals surface area contributed by atoms with Crippen LogP contribution in [0.1, 0.15) is 5.56 Å². The summed E-state index contributed by atoms with van der Waals surface area (Å²) >= 11 is 3.00. The molecule has 15 heteroatoms. The second-order valence-electron chi connectivity index (χ2n) is 7.03. The molecule has 0 fully saturated rings. The van der Waals surface area contributed by atoms with Crippen molar-refractivity contribution in [2.75, 3.05) is 26.6 Å². The van der Waals surface area contributed by atoms with Crippen molar-refractivity contribution in [1.29, 1.82) is 0 Å². The van der Waals surface area contributed by atoms with Gasteiger partial charge in [0.15, 0.2) is 4.90 Å². The summed E-state index contributed by atoms with van der Waals surface area (Å²) in [4.78, 5) is 20.7. The van der Waals surface area contributed by atoms with Crippen molar-refractivity contribution in [1.82, 2.24) is 4.72 Å². The van der Waals surface area contributed by atoms with E-state index >= 15 is 0 Å². The van der Waals surface area contributed by atoms with Gasteiger partial charge in [-0.1, -0.05) is 28.1 Å². The van der Waals surface area contributed by atoms with E-state index < -0.39 is 80.7 Å². The van der Waals surface area contributed by atoms with Crippen LogP contribution in [-0.4, -0.2) is 56.6 Å². The number of hydrogen-bond acceptors (Lipinski definition) is 6. The van der Waals surface area contributed by atoms with E-state index in [0.717, 1.165) is 30.3 Å². The van der Waals surface area contributed by atoms with E-state index in [2.05, 4.69) is 15.9 Å². The molecule has 9 nitrogen and oxygen atoms in total. The molecule has 2 aromatic carbocycles. The number of sulfonamides is 1. The smallest absolute Gasteiger partial charge is 0.341 e. The van der Waals surface area contributed by atoms with E-state index in [1.807, 2.05) is 0 Å². The Morgan fingerprint density at radius 1 is 1.15 bits per heavy atom. The first kappa shape index (κ1) is 27.6. The number of hydrogen-bond donors (Lipinski definition) is 2. The van der Waals surface area contributed by atoms with Crippen molar-refractivity contribution >= 4 is 37.6 Å². The second kappa shape index (κ2) is 10.8. The molecule has 2 N–H and O–H groups in total. The maximum Gasteiger partial charge on any atom is 0.341 e. The highest BCUT2D eigenvalue weighted by atomic mass is 79.9. The Morgan fingerprint density at radius 2 is 1.76 bits per heavy atom. The number of aliphatic carboxylic acids is 1. The van der Waals surface area contributed by atoms with Crippen LogP contribution < -0.4 is 4.72 Å². The molecule has 0 spiro atoms. The molecule has 0 aliphatic carbocycles. The number of nitro groups is 1. The number of nitrogens with one attached hydrogen (secondary N) is 1. The van der Waals surface area contributed by atoms with Crippen LogP contribution in [0.25, 0.3) is 0 Å². The summed E-state index contributed by atoms with van der Waals surface area (Å²) < 4.78 is 88.9. The number of rotatable bonds is 12. The van der Waals surface area contributed by atoms with Gasteiger partial charge in [0.1, 0.15) is 31.4 Å². The van der Waals surface area contributed by atoms with Crippen LogP contribution in [-0.2, 0) is 25.1 Å². The fourth-order valence-corrected chi connectivity index (χ4v) is 4.75. The fourth-order valence-electron chi connectivity index (χ4n) is 2.86. The van der Waals surface area contributed by atoms with Crippen LogP contribution in [0, 0.1) is 15.9 Å². The highest BCUT2D eigenvalue weighted by Crippen LogP contribution is 2.33. The number of carbonyl (C=O) groups is 1. The highest BCUT2D eigenvalue weighted by Gasteiger charge is 2.47. The Labute approximate surface area is 199 Å². The molecular formula is C19H17BrF4N2O7S. The molecule has 0 saturated carbocycles. The van der Waals surface area contributed by atoms with Gasteiger partial charge in [0.25, 0.3) is 5.69 Å². The lowest BCUT2D eigenvalue weighted by Crippen LogP contribution is -2.56. The predicted molar refractivity (Wildman–Crippen MR) is 113 cm³/mol. The Bertz CT molecular complexity index is 1180. The molecule has 0 amide bonds. The molecule has 0 saturated heterocycles. The standard InChI is InChI=1S/C19H17BrF4N2O7S/c20-12-5-6-14(24)13(7-12)18(8-21,11-33-19(9-22,10-23)17(27)28)25-34(31,32)16-4-2-1-3-15(16)26(29)30/h1-7,25H,8-11H2,(H,27,28)/t18-/m0/s1. The summed E-state index contributed by atoms with van der Waals surface area (Å²) in [5.41, 5.74) is -7.52. The Hall–Kier alpha value is -2.62. The third kappa shape index (κ3) is 5.54. The monoisotopic (exact) mass is 572 g/mol. The molecule has 1 atom stereocenters. The normalized spacial score (nSPS) is 13.9. The number of benzene rings is 2. The lowest BCUT2D eigenvalue weighted by molar-refractivity contribution is -0.387. The third-order valence-electron chi connectivity index (χ3n) is 4.77. The van der Waals surface area contributed by atoms with E-state index in [1.165, 1.54) is 12.1 Å². The Morgan fingerprint density at radius 3 is 2.29 bits per heavy atom. The topological polar surface area (TPSA) is 136 Å². The molecule has 0 bridgehead atoms. The highest BCUT2D eigenvalue weighted by molar-refractivity contribution is 9.10. The average molecular weight is 573 g/mol. The minimum Gasteiger partial charge on any atom is -0.479 e. The number of para-hydroxylation sites is 1. The quantitative estimate of drug-likeness (QED) is 0.226. The SMILES string of the molecule is O=C(O)C(CF)(CF)OC[C@](CF)(NS(=O)(=O)c1ccccc1[N+](=O)[O-])c1cc(Br)ccc1F. The number of halogens is 5. The molecular weight excluding hydrogens is 556 g/mol. The largest absolute Gasteiger partial charge is 0.479 e. The van der Waals surface area contributed by atoms with Crippen molar-refractivity contribution < 1.29 is 45.5 Å². The summed E-state index contributed by atoms with van der Waals surface area (Å²) in [5, 5.41) is 20.5. The summed E-state index contributed by atoms with van der Waals surface area (Å²) in [5.74, 6) is -3.29. The molecule has 2 aromatic rings. The van der Waals surface area contributed by atoms with Gasteiger partial charge in [-0.2, -0.15) is 4.72 Å². The molecule has 0 aliphatic heterocycles. The van der Waals surface area contributed by atoms with E-state index in [0.29, 0.717) is 0 Å². The summed E-state index contributed by atoms with van der Waals surface area (Å²) in [7, 11) is -5.01. The maximum absolute atomic E-state index is 14.7. The van der Waals surface area contributed by atoms with Crippen LogP contribution >= 0.6 is 15.9 Å². The Kier molecular flexibility index (Phi) is 8.74. The average Bonchev–Trinajstić information content (AvgIpc) is 2.80. The van der Waals surface area contributed by atoms with Crippen LogP contribution in [0.15, 0.2) is 51.8 Å². The molecule has 0 heterocycles. The van der Waals surface area contributed by atoms with Crippen molar-refractivity contribution in [3.63, 3.8) is 0 Å². The van der Waals surface area contributed by atoms with Crippen molar-refractivity contribution in [3.05, 3.63) is 68.4 Å². The predicted octanol–water partition coefficient (Wildman–Crippen LogP) is 3.42. The summed E-state index contributed by atoms with van der Waals surface area (Å²) in [6.07, 6.45) is 0. The second-order valence-corrected chi connectivity index (χ2v) is 9.59. The number of nitro benzene ring substituents is 1. The van der Waals surface area contributed by atoms with Gasteiger partial charge >= 0.3 is 5.97 Å². The molecule has 0 radical (unpaired) electrons. The lowest BCUT2D eigenvalue weighted by atomic mass is 9.92. The summed E-state index contributed by atoms with van der Waals surface area (Å²) in [6, 6.07) is 6.92. The molecule has 0 aromatic heterocycles. The number of nitrogens with zero attached hydrogens (tertiary/aromatic N) is 1. The van der Waals surface area contributed by atoms with Crippen molar-refractivity contribution in [2.45, 2.75) is 16.0 Å². The number of carboxylic acid groups (broad SMARTS) is 1. The van der Waals surface area contributed by atoms with Gasteiger partial charge in [0.2, 0.25) is 15.6 Å². The van der Waals surface area contributed by atoms with E-state index in [1.54, 1.807) is 4.72 Å². The zero-order chi connectivity index (χ0) is 25.7. The first-order chi connectivity index (χ1) is 15.9. The van der Waals surface area contributed by atoms with Crippen LogP contribution in [0.4, 0.5) is 23.2 Å². The van der Waals surface area contributed by atoms with Crippen molar-refractivity contribution in [2.24, 2.45) is 0 Å². The van der Waals surface area contributed by atoms with Gasteiger partial charge in [-0.05, 0) is 24.3 Å². The first-order valence-corrected chi connectivity index (χ1v) is 11.4. The third-order valence-corrected chi connectivity index (χ3v) is 6.85. The minimum absolute atomic E-state index is 0.132. The van der Waals surface area contributed by atoms with Crippen molar-refractivity contribution in [3.8, 4) is 0 Å². The molecule has 0 aliphatic rings. The Balaban J connectivity index is 2.70. The van der Waals surface area contributed by atoms with Gasteiger partial charge in [-0.25, -0.2) is 30.8 Å². The van der Waals surface area contributed by atoms with Gasteiger partial charge in [0.05, 0.1) is 11.5 Å². The van der Waals surface area contributed by atoms with Crippen LogP contribution in [0.2, 0.25) is 0 Å². The van der Waals surface area contributed by atoms with E-state index in [9.17, 15) is 46.0 Å². The fraction of sp³-hybridized carbons (Fsp3) is 0.316. The number of ether oxygens (including phenoxy) is 1. The zero-order valence-electron chi connectivity index (χ0n) is 17.0. The van der Waals surface area contributed by atoms with E-state index in [4.69, 9.17) is 4.74 Å². The van der Waals surface area contributed by atoms with Gasteiger partial charge < -0.3 is 9.84 Å². The van der Waals surface area contributed by atoms with Gasteiger partial charge in [-0.15, -0.1) is 0 Å². The zero-order valence-corrected chi connectivity index (χ0v) is 19.4. The number of alkyl halides is 3. The summed E-state index contributed by atoms with van der Waals surface area (Å²) in [6.45, 7) is -7.02. The molecule has 0 unspecified atom stereocenters. The van der Waals surface area contributed by atoms with Gasteiger partial charge in [-0.3, -0.25) is 10.1 Å². The van der Waals surface area contributed by atoms with Crippen LogP contribution in [0.5, 0.6) is 0 Å². The number of carboxylic acids is 1. The van der Waals surface area contributed by atoms with Gasteiger partial charge in [0, 0.05) is 16.1 Å². The molecule has 186 valence electrons. The minimum atomic E-state index is -5.01. The maximum atomic E-state index is 14.7. The first-order valence-electron chi connectivity index (χ1n) is 9.16. The van der Waals surface area contributed by atoms with E-state index in [-0.39, 0.29) is 4.47 Å². The molecule has 34 heavy (non-hydrogen) atoms.